The van der Waals surface area contributed by atoms with Crippen molar-refractivity contribution in [3.05, 3.63) is 0 Å². The molecule has 0 fully saturated rings. The Morgan fingerprint density at radius 2 is 2.11 bits per heavy atom. The predicted molar refractivity (Wildman–Crippen MR) is 44.5 cm³/mol. The number of hydrogen-bond acceptors (Lipinski definition) is 2. The van der Waals surface area contributed by atoms with Crippen LogP contribution in [0.15, 0.2) is 0 Å². The highest BCUT2D eigenvalue weighted by Crippen LogP contribution is 1.91. The zero-order chi connectivity index (χ0) is 7.49. The highest BCUT2D eigenvalue weighted by atomic mass is 32.1. The molecule has 0 saturated carbocycles. The smallest absolute Gasteiger partial charge is 0.0722 e. The molecule has 3 heteroatoms. The van der Waals surface area contributed by atoms with Gasteiger partial charge in [-0.05, 0) is 20.8 Å². The molecule has 0 saturated heterocycles. The highest BCUT2D eigenvalue weighted by Gasteiger charge is 2.08. The average molecular weight is 146 g/mol. The van der Waals surface area contributed by atoms with Crippen LogP contribution in [0.4, 0.5) is 0 Å². The minimum Gasteiger partial charge on any atom is -0.378 e. The summed E-state index contributed by atoms with van der Waals surface area (Å²) in [7, 11) is 0. The van der Waals surface area contributed by atoms with Gasteiger partial charge in [0.15, 0.2) is 0 Å². The maximum atomic E-state index is 5.66. The van der Waals surface area contributed by atoms with Crippen molar-refractivity contribution in [3.63, 3.8) is 0 Å². The third kappa shape index (κ3) is 7.85. The third-order valence-corrected chi connectivity index (χ3v) is 0.937. The normalized spacial score (nSPS) is 11.1. The van der Waals surface area contributed by atoms with Gasteiger partial charge in [-0.15, -0.1) is 0 Å². The summed E-state index contributed by atoms with van der Waals surface area (Å²) in [6, 6.07) is 0. The molecular weight excluding hydrogens is 132 g/mol. The maximum absolute atomic E-state index is 5.66. The fourth-order valence-electron chi connectivity index (χ4n) is 0.352. The van der Waals surface area contributed by atoms with E-state index in [0.29, 0.717) is 0 Å². The molecule has 0 rings (SSSR count). The number of nitrogens with one attached hydrogen (secondary N) is 1. The van der Waals surface area contributed by atoms with Gasteiger partial charge in [0.1, 0.15) is 0 Å². The van der Waals surface area contributed by atoms with E-state index in [2.05, 4.69) is 5.32 Å². The van der Waals surface area contributed by atoms with Gasteiger partial charge in [0, 0.05) is 12.1 Å². The third-order valence-electron chi connectivity index (χ3n) is 0.793. The Hall–Kier alpha value is -0.150. The molecule has 0 aliphatic carbocycles. The number of rotatable bonds is 2. The van der Waals surface area contributed by atoms with Gasteiger partial charge in [0.05, 0.1) is 4.99 Å². The van der Waals surface area contributed by atoms with Crippen LogP contribution in [0.5, 0.6) is 0 Å². The molecule has 0 aromatic heterocycles. The van der Waals surface area contributed by atoms with Crippen molar-refractivity contribution in [2.75, 3.05) is 6.54 Å². The standard InChI is InChI=1S/C6H14N2S/c1-5(9)8-4-6(2,3)7/h4,7H2,1-3H3,(H,8,9). The molecule has 0 radical (unpaired) electrons. The molecule has 0 bridgehead atoms. The molecule has 54 valence electrons. The lowest BCUT2D eigenvalue weighted by Crippen LogP contribution is -2.44. The van der Waals surface area contributed by atoms with E-state index in [1.165, 1.54) is 0 Å². The van der Waals surface area contributed by atoms with Gasteiger partial charge in [-0.3, -0.25) is 0 Å². The quantitative estimate of drug-likeness (QED) is 0.562. The van der Waals surface area contributed by atoms with Crippen molar-refractivity contribution >= 4 is 17.2 Å². The van der Waals surface area contributed by atoms with Crippen LogP contribution in [0.1, 0.15) is 20.8 Å². The van der Waals surface area contributed by atoms with E-state index >= 15 is 0 Å². The van der Waals surface area contributed by atoms with E-state index in [4.69, 9.17) is 18.0 Å². The van der Waals surface area contributed by atoms with E-state index in [9.17, 15) is 0 Å². The Balaban J connectivity index is 3.39. The molecule has 0 unspecified atom stereocenters. The molecule has 2 nitrogen and oxygen atoms in total. The van der Waals surface area contributed by atoms with E-state index in [0.717, 1.165) is 11.5 Å². The molecule has 0 spiro atoms. The summed E-state index contributed by atoms with van der Waals surface area (Å²) in [4.78, 5) is 0.800. The lowest BCUT2D eigenvalue weighted by atomic mass is 10.1. The summed E-state index contributed by atoms with van der Waals surface area (Å²) in [6.07, 6.45) is 0. The number of hydrogen-bond donors (Lipinski definition) is 2. The molecule has 0 amide bonds. The predicted octanol–water partition coefficient (Wildman–Crippen LogP) is 0.661. The number of nitrogens with two attached hydrogens (primary N) is 1. The zero-order valence-electron chi connectivity index (χ0n) is 6.19. The molecular formula is C6H14N2S. The second-order valence-electron chi connectivity index (χ2n) is 2.90. The first kappa shape index (κ1) is 8.85. The van der Waals surface area contributed by atoms with Crippen LogP contribution in [0.25, 0.3) is 0 Å². The van der Waals surface area contributed by atoms with Crippen molar-refractivity contribution in [3.8, 4) is 0 Å². The first-order chi connectivity index (χ1) is 3.92. The van der Waals surface area contributed by atoms with Crippen molar-refractivity contribution < 1.29 is 0 Å². The van der Waals surface area contributed by atoms with Gasteiger partial charge < -0.3 is 11.1 Å². The average Bonchev–Trinajstić information content (AvgIpc) is 1.59. The lowest BCUT2D eigenvalue weighted by Gasteiger charge is -2.18. The van der Waals surface area contributed by atoms with Crippen molar-refractivity contribution in [2.24, 2.45) is 5.73 Å². The van der Waals surface area contributed by atoms with Crippen molar-refractivity contribution in [1.29, 1.82) is 0 Å². The van der Waals surface area contributed by atoms with Crippen LogP contribution in [0.3, 0.4) is 0 Å². The first-order valence-corrected chi connectivity index (χ1v) is 3.36. The molecule has 0 atom stereocenters. The topological polar surface area (TPSA) is 38.0 Å². The van der Waals surface area contributed by atoms with Gasteiger partial charge >= 0.3 is 0 Å². The molecule has 0 heterocycles. The van der Waals surface area contributed by atoms with E-state index in [-0.39, 0.29) is 5.54 Å². The monoisotopic (exact) mass is 146 g/mol. The largest absolute Gasteiger partial charge is 0.378 e. The molecule has 9 heavy (non-hydrogen) atoms. The lowest BCUT2D eigenvalue weighted by molar-refractivity contribution is 0.509. The Bertz CT molecular complexity index is 104. The first-order valence-electron chi connectivity index (χ1n) is 2.95. The van der Waals surface area contributed by atoms with Crippen LogP contribution in [-0.2, 0) is 0 Å². The minimum absolute atomic E-state index is 0.167. The Kier molecular flexibility index (Phi) is 3.08. The van der Waals surface area contributed by atoms with Crippen LogP contribution in [0, 0.1) is 0 Å². The van der Waals surface area contributed by atoms with Crippen molar-refractivity contribution in [2.45, 2.75) is 26.3 Å². The Morgan fingerprint density at radius 3 is 2.22 bits per heavy atom. The molecule has 0 aromatic rings. The van der Waals surface area contributed by atoms with Gasteiger partial charge in [0.2, 0.25) is 0 Å². The van der Waals surface area contributed by atoms with Crippen LogP contribution in [0.2, 0.25) is 0 Å². The minimum atomic E-state index is -0.167. The van der Waals surface area contributed by atoms with Crippen LogP contribution >= 0.6 is 12.2 Å². The second-order valence-corrected chi connectivity index (χ2v) is 3.51. The van der Waals surface area contributed by atoms with Crippen molar-refractivity contribution in [1.82, 2.24) is 5.32 Å². The summed E-state index contributed by atoms with van der Waals surface area (Å²) >= 11 is 4.80. The van der Waals surface area contributed by atoms with Gasteiger partial charge in [0.25, 0.3) is 0 Å². The maximum Gasteiger partial charge on any atom is 0.0722 e. The highest BCUT2D eigenvalue weighted by molar-refractivity contribution is 7.80. The summed E-state index contributed by atoms with van der Waals surface area (Å²) in [5.74, 6) is 0. The summed E-state index contributed by atoms with van der Waals surface area (Å²) in [5, 5.41) is 2.99. The molecule has 3 N–H and O–H groups in total. The SMILES string of the molecule is CC(=S)NCC(C)(C)N. The summed E-state index contributed by atoms with van der Waals surface area (Å²) < 4.78 is 0. The fourth-order valence-corrected chi connectivity index (χ4v) is 0.424. The molecule has 0 aliphatic heterocycles. The Labute approximate surface area is 61.8 Å². The molecule has 0 aromatic carbocycles. The Morgan fingerprint density at radius 1 is 1.67 bits per heavy atom. The van der Waals surface area contributed by atoms with E-state index < -0.39 is 0 Å². The summed E-state index contributed by atoms with van der Waals surface area (Å²) in [6.45, 7) is 6.50. The second kappa shape index (κ2) is 3.13. The van der Waals surface area contributed by atoms with Gasteiger partial charge in [-0.1, -0.05) is 12.2 Å². The van der Waals surface area contributed by atoms with Gasteiger partial charge in [-0.25, -0.2) is 0 Å². The van der Waals surface area contributed by atoms with E-state index in [1.807, 2.05) is 20.8 Å². The molecule has 0 aliphatic rings. The van der Waals surface area contributed by atoms with Crippen LogP contribution < -0.4 is 11.1 Å². The van der Waals surface area contributed by atoms with Crippen LogP contribution in [-0.4, -0.2) is 17.1 Å². The van der Waals surface area contributed by atoms with Gasteiger partial charge in [-0.2, -0.15) is 0 Å². The summed E-state index contributed by atoms with van der Waals surface area (Å²) in [5.41, 5.74) is 5.50. The zero-order valence-corrected chi connectivity index (χ0v) is 7.01. The van der Waals surface area contributed by atoms with E-state index in [1.54, 1.807) is 0 Å². The fraction of sp³-hybridized carbons (Fsp3) is 0.833. The number of thiocarbonyl (C=S) groups is 1.